The van der Waals surface area contributed by atoms with Crippen LogP contribution in [0.5, 0.6) is 0 Å². The van der Waals surface area contributed by atoms with Gasteiger partial charge in [-0.25, -0.2) is 4.98 Å². The molecule has 0 aliphatic rings. The molecular weight excluding hydrogens is 345 g/mol. The zero-order valence-electron chi connectivity index (χ0n) is 11.4. The number of aryl methyl sites for hydroxylation is 1. The number of carbonyl (C=O) groups excluding carboxylic acids is 1. The summed E-state index contributed by atoms with van der Waals surface area (Å²) in [4.78, 5) is 16.9. The van der Waals surface area contributed by atoms with Gasteiger partial charge in [0.1, 0.15) is 11.3 Å². The molecule has 0 radical (unpaired) electrons. The van der Waals surface area contributed by atoms with Gasteiger partial charge in [-0.15, -0.1) is 0 Å². The van der Waals surface area contributed by atoms with Crippen molar-refractivity contribution in [2.45, 2.75) is 6.92 Å². The van der Waals surface area contributed by atoms with Crippen molar-refractivity contribution in [3.8, 4) is 0 Å². The predicted molar refractivity (Wildman–Crippen MR) is 89.4 cm³/mol. The van der Waals surface area contributed by atoms with Crippen molar-refractivity contribution < 1.29 is 4.79 Å². The minimum atomic E-state index is -0.314. The lowest BCUT2D eigenvalue weighted by molar-refractivity contribution is 0.102. The summed E-state index contributed by atoms with van der Waals surface area (Å²) >= 11 is 17.9. The number of hydrogen-bond donors (Lipinski definition) is 1. The first-order chi connectivity index (χ1) is 10.4. The number of anilines is 1. The summed E-state index contributed by atoms with van der Waals surface area (Å²) < 4.78 is 1.65. The topological polar surface area (TPSA) is 46.4 Å². The molecule has 0 saturated heterocycles. The van der Waals surface area contributed by atoms with Crippen LogP contribution in [0.1, 0.15) is 16.2 Å². The van der Waals surface area contributed by atoms with E-state index in [1.807, 2.05) is 0 Å². The predicted octanol–water partition coefficient (Wildman–Crippen LogP) is 4.86. The van der Waals surface area contributed by atoms with Gasteiger partial charge >= 0.3 is 0 Å². The number of nitrogens with zero attached hydrogens (tertiary/aromatic N) is 2. The summed E-state index contributed by atoms with van der Waals surface area (Å²) in [7, 11) is 0. The van der Waals surface area contributed by atoms with E-state index in [1.54, 1.807) is 47.9 Å². The second kappa shape index (κ2) is 5.80. The van der Waals surface area contributed by atoms with Crippen LogP contribution in [0.2, 0.25) is 15.1 Å². The second-order valence-electron chi connectivity index (χ2n) is 4.73. The van der Waals surface area contributed by atoms with Crippen LogP contribution in [-0.4, -0.2) is 15.3 Å². The molecule has 0 bridgehead atoms. The van der Waals surface area contributed by atoms with Gasteiger partial charge < -0.3 is 5.32 Å². The standard InChI is InChI=1S/C15H10Cl3N3O/c1-8-14(21-7-9(16)2-3-13(21)19-8)15(22)20-12-5-10(17)4-11(18)6-12/h2-7H,1H3,(H,20,22). The lowest BCUT2D eigenvalue weighted by Gasteiger charge is -2.07. The number of pyridine rings is 1. The highest BCUT2D eigenvalue weighted by Crippen LogP contribution is 2.24. The SMILES string of the molecule is Cc1nc2ccc(Cl)cn2c1C(=O)Nc1cc(Cl)cc(Cl)c1. The van der Waals surface area contributed by atoms with Crippen LogP contribution in [0.3, 0.4) is 0 Å². The van der Waals surface area contributed by atoms with E-state index in [1.165, 1.54) is 0 Å². The minimum absolute atomic E-state index is 0.314. The highest BCUT2D eigenvalue weighted by Gasteiger charge is 2.17. The van der Waals surface area contributed by atoms with Crippen molar-refractivity contribution in [2.24, 2.45) is 0 Å². The summed E-state index contributed by atoms with van der Waals surface area (Å²) in [6.45, 7) is 1.76. The highest BCUT2D eigenvalue weighted by atomic mass is 35.5. The Kier molecular flexibility index (Phi) is 4.00. The molecule has 22 heavy (non-hydrogen) atoms. The second-order valence-corrected chi connectivity index (χ2v) is 6.04. The maximum absolute atomic E-state index is 12.5. The fraction of sp³-hybridized carbons (Fsp3) is 0.0667. The van der Waals surface area contributed by atoms with Crippen LogP contribution in [-0.2, 0) is 0 Å². The number of rotatable bonds is 2. The quantitative estimate of drug-likeness (QED) is 0.714. The lowest BCUT2D eigenvalue weighted by atomic mass is 10.3. The first-order valence-corrected chi connectivity index (χ1v) is 7.49. The molecule has 1 aromatic carbocycles. The van der Waals surface area contributed by atoms with E-state index in [9.17, 15) is 4.79 Å². The lowest BCUT2D eigenvalue weighted by Crippen LogP contribution is -2.15. The molecule has 2 heterocycles. The third kappa shape index (κ3) is 2.90. The van der Waals surface area contributed by atoms with Crippen LogP contribution in [0.25, 0.3) is 5.65 Å². The summed E-state index contributed by atoms with van der Waals surface area (Å²) in [6.07, 6.45) is 1.65. The van der Waals surface area contributed by atoms with Crippen molar-refractivity contribution in [2.75, 3.05) is 5.32 Å². The van der Waals surface area contributed by atoms with Crippen molar-refractivity contribution in [3.63, 3.8) is 0 Å². The number of nitrogens with one attached hydrogen (secondary N) is 1. The van der Waals surface area contributed by atoms with E-state index in [4.69, 9.17) is 34.8 Å². The van der Waals surface area contributed by atoms with Gasteiger partial charge in [0.05, 0.1) is 10.7 Å². The molecule has 1 amide bonds. The summed E-state index contributed by atoms with van der Waals surface area (Å²) in [5, 5.41) is 4.18. The van der Waals surface area contributed by atoms with Gasteiger partial charge in [-0.05, 0) is 37.3 Å². The summed E-state index contributed by atoms with van der Waals surface area (Å²) in [5.74, 6) is -0.314. The largest absolute Gasteiger partial charge is 0.321 e. The van der Waals surface area contributed by atoms with E-state index in [0.29, 0.717) is 37.8 Å². The summed E-state index contributed by atoms with van der Waals surface area (Å²) in [6, 6.07) is 8.32. The molecule has 2 aromatic heterocycles. The molecule has 3 rings (SSSR count). The number of imidazole rings is 1. The Morgan fingerprint density at radius 1 is 1.09 bits per heavy atom. The number of fused-ring (bicyclic) bond motifs is 1. The Morgan fingerprint density at radius 3 is 2.45 bits per heavy atom. The van der Waals surface area contributed by atoms with Crippen LogP contribution in [0.15, 0.2) is 36.5 Å². The van der Waals surface area contributed by atoms with Crippen molar-refractivity contribution in [1.29, 1.82) is 0 Å². The van der Waals surface area contributed by atoms with E-state index in [0.717, 1.165) is 0 Å². The maximum Gasteiger partial charge on any atom is 0.274 e. The molecule has 0 aliphatic carbocycles. The molecule has 3 aromatic rings. The average Bonchev–Trinajstić information content (AvgIpc) is 2.72. The van der Waals surface area contributed by atoms with Crippen molar-refractivity contribution >= 4 is 52.0 Å². The molecule has 0 fully saturated rings. The average molecular weight is 355 g/mol. The Morgan fingerprint density at radius 2 is 1.77 bits per heavy atom. The molecule has 0 saturated carbocycles. The molecule has 1 N–H and O–H groups in total. The monoisotopic (exact) mass is 353 g/mol. The molecule has 7 heteroatoms. The molecule has 0 aliphatic heterocycles. The molecule has 0 atom stereocenters. The van der Waals surface area contributed by atoms with E-state index in [2.05, 4.69) is 10.3 Å². The number of benzene rings is 1. The molecule has 4 nitrogen and oxygen atoms in total. The fourth-order valence-electron chi connectivity index (χ4n) is 2.23. The molecule has 0 unspecified atom stereocenters. The first kappa shape index (κ1) is 15.2. The molecular formula is C15H10Cl3N3O. The fourth-order valence-corrected chi connectivity index (χ4v) is 2.91. The number of amides is 1. The van der Waals surface area contributed by atoms with Gasteiger partial charge in [0.25, 0.3) is 5.91 Å². The van der Waals surface area contributed by atoms with Gasteiger partial charge in [-0.2, -0.15) is 0 Å². The minimum Gasteiger partial charge on any atom is -0.321 e. The number of aromatic nitrogens is 2. The highest BCUT2D eigenvalue weighted by molar-refractivity contribution is 6.35. The van der Waals surface area contributed by atoms with Crippen LogP contribution in [0, 0.1) is 6.92 Å². The van der Waals surface area contributed by atoms with E-state index >= 15 is 0 Å². The van der Waals surface area contributed by atoms with Gasteiger partial charge in [0, 0.05) is 21.9 Å². The smallest absolute Gasteiger partial charge is 0.274 e. The summed E-state index contributed by atoms with van der Waals surface area (Å²) in [5.41, 5.74) is 2.18. The zero-order valence-corrected chi connectivity index (χ0v) is 13.7. The third-order valence-corrected chi connectivity index (χ3v) is 3.75. The number of hydrogen-bond acceptors (Lipinski definition) is 2. The van der Waals surface area contributed by atoms with Gasteiger partial charge in [-0.1, -0.05) is 34.8 Å². The van der Waals surface area contributed by atoms with Gasteiger partial charge in [0.2, 0.25) is 0 Å². The molecule has 0 spiro atoms. The van der Waals surface area contributed by atoms with E-state index in [-0.39, 0.29) is 5.91 Å². The normalized spacial score (nSPS) is 10.9. The third-order valence-electron chi connectivity index (χ3n) is 3.09. The van der Waals surface area contributed by atoms with Gasteiger partial charge in [0.15, 0.2) is 0 Å². The zero-order chi connectivity index (χ0) is 15.9. The molecule has 112 valence electrons. The van der Waals surface area contributed by atoms with Crippen LogP contribution < -0.4 is 5.32 Å². The maximum atomic E-state index is 12.5. The van der Waals surface area contributed by atoms with Crippen LogP contribution >= 0.6 is 34.8 Å². The van der Waals surface area contributed by atoms with Crippen molar-refractivity contribution in [1.82, 2.24) is 9.38 Å². The number of halogens is 3. The van der Waals surface area contributed by atoms with Crippen molar-refractivity contribution in [3.05, 3.63) is 63.0 Å². The Hall–Kier alpha value is -1.75. The van der Waals surface area contributed by atoms with Crippen LogP contribution in [0.4, 0.5) is 5.69 Å². The number of carbonyl (C=O) groups is 1. The Bertz CT molecular complexity index is 869. The Labute approximate surface area is 141 Å². The first-order valence-electron chi connectivity index (χ1n) is 6.36. The van der Waals surface area contributed by atoms with Gasteiger partial charge in [-0.3, -0.25) is 9.20 Å². The Balaban J connectivity index is 2.01. The van der Waals surface area contributed by atoms with E-state index < -0.39 is 0 Å².